The molecule has 0 atom stereocenters. The summed E-state index contributed by atoms with van der Waals surface area (Å²) in [6.45, 7) is 0. The standard InChI is InChI=1S/C42H42N4O8P2/c47-37-21-22-38(48)45(37)53-41(51)25-15-31-11-17-33(18-12-31)43-27-55(35-7-3-1-4-8-35)28-44(30-56(29-43)36-9-5-2-6-10-36)34-19-13-32(14-20-34)16-26-42(52)54-46-39(49)23-24-40(46)50/h1-14,17-20H,15-16,21-30H2. The molecule has 12 nitrogen and oxygen atoms in total. The maximum absolute atomic E-state index is 12.4. The second-order valence-corrected chi connectivity index (χ2v) is 18.1. The number of anilines is 2. The van der Waals surface area contributed by atoms with Crippen LogP contribution in [0.3, 0.4) is 0 Å². The van der Waals surface area contributed by atoms with Crippen LogP contribution >= 0.6 is 15.8 Å². The summed E-state index contributed by atoms with van der Waals surface area (Å²) >= 11 is 0. The Morgan fingerprint density at radius 1 is 0.464 bits per heavy atom. The monoisotopic (exact) mass is 792 g/mol. The Bertz CT molecular complexity index is 1880. The first-order valence-electron chi connectivity index (χ1n) is 18.6. The molecule has 4 aromatic rings. The quantitative estimate of drug-likeness (QED) is 0.133. The van der Waals surface area contributed by atoms with Gasteiger partial charge >= 0.3 is 11.9 Å². The van der Waals surface area contributed by atoms with Gasteiger partial charge in [0.05, 0.1) is 12.8 Å². The van der Waals surface area contributed by atoms with Crippen molar-refractivity contribution in [2.24, 2.45) is 0 Å². The van der Waals surface area contributed by atoms with Gasteiger partial charge in [-0.15, -0.1) is 10.1 Å². The molecule has 4 amide bonds. The van der Waals surface area contributed by atoms with Crippen LogP contribution in [-0.4, -0.2) is 70.8 Å². The highest BCUT2D eigenvalue weighted by molar-refractivity contribution is 7.67. The fraction of sp³-hybridized carbons (Fsp3) is 0.286. The van der Waals surface area contributed by atoms with E-state index in [2.05, 4.69) is 82.6 Å². The van der Waals surface area contributed by atoms with E-state index in [9.17, 15) is 28.8 Å². The largest absolute Gasteiger partial charge is 0.363 e. The lowest BCUT2D eigenvalue weighted by molar-refractivity contribution is -0.197. The molecule has 0 aromatic heterocycles. The lowest BCUT2D eigenvalue weighted by atomic mass is 10.1. The molecule has 288 valence electrons. The zero-order valence-electron chi connectivity index (χ0n) is 30.8. The maximum Gasteiger partial charge on any atom is 0.333 e. The van der Waals surface area contributed by atoms with Gasteiger partial charge in [-0.25, -0.2) is 9.59 Å². The smallest absolute Gasteiger partial charge is 0.333 e. The van der Waals surface area contributed by atoms with E-state index < -0.39 is 51.4 Å². The Morgan fingerprint density at radius 3 is 1.11 bits per heavy atom. The van der Waals surface area contributed by atoms with Crippen LogP contribution in [0.4, 0.5) is 11.4 Å². The molecule has 14 heteroatoms. The van der Waals surface area contributed by atoms with Gasteiger partial charge in [-0.2, -0.15) is 0 Å². The van der Waals surface area contributed by atoms with Crippen molar-refractivity contribution in [2.75, 3.05) is 34.9 Å². The average molecular weight is 793 g/mol. The van der Waals surface area contributed by atoms with Gasteiger partial charge in [0, 0.05) is 62.2 Å². The van der Waals surface area contributed by atoms with E-state index in [4.69, 9.17) is 9.68 Å². The van der Waals surface area contributed by atoms with Crippen LogP contribution in [0.15, 0.2) is 109 Å². The minimum Gasteiger partial charge on any atom is -0.363 e. The van der Waals surface area contributed by atoms with E-state index in [1.807, 2.05) is 36.4 Å². The number of carbonyl (C=O) groups is 6. The molecule has 3 heterocycles. The summed E-state index contributed by atoms with van der Waals surface area (Å²) in [5.74, 6) is -3.18. The van der Waals surface area contributed by atoms with E-state index in [1.54, 1.807) is 0 Å². The number of imide groups is 2. The summed E-state index contributed by atoms with van der Waals surface area (Å²) < 4.78 is 0. The molecule has 3 fully saturated rings. The van der Waals surface area contributed by atoms with Crippen molar-refractivity contribution >= 4 is 73.4 Å². The van der Waals surface area contributed by atoms with Crippen LogP contribution < -0.4 is 20.4 Å². The van der Waals surface area contributed by atoms with E-state index in [0.717, 1.165) is 47.6 Å². The van der Waals surface area contributed by atoms with Crippen molar-refractivity contribution < 1.29 is 38.4 Å². The number of amides is 4. The molecular formula is C42H42N4O8P2. The summed E-state index contributed by atoms with van der Waals surface area (Å²) in [4.78, 5) is 87.4. The molecular weight excluding hydrogens is 750 g/mol. The molecule has 0 N–H and O–H groups in total. The summed E-state index contributed by atoms with van der Waals surface area (Å²) in [5, 5.41) is 3.79. The number of carbonyl (C=O) groups excluding carboxylic acids is 6. The number of hydrogen-bond donors (Lipinski definition) is 0. The van der Waals surface area contributed by atoms with Crippen molar-refractivity contribution in [3.05, 3.63) is 120 Å². The van der Waals surface area contributed by atoms with Crippen molar-refractivity contribution in [2.45, 2.75) is 51.4 Å². The van der Waals surface area contributed by atoms with Crippen LogP contribution in [0.25, 0.3) is 0 Å². The topological polar surface area (TPSA) is 134 Å². The highest BCUT2D eigenvalue weighted by atomic mass is 31.1. The van der Waals surface area contributed by atoms with Crippen molar-refractivity contribution in [1.29, 1.82) is 0 Å². The van der Waals surface area contributed by atoms with Crippen LogP contribution in [0.5, 0.6) is 0 Å². The predicted octanol–water partition coefficient (Wildman–Crippen LogP) is 5.54. The lowest BCUT2D eigenvalue weighted by Crippen LogP contribution is -2.38. The molecule has 3 saturated heterocycles. The van der Waals surface area contributed by atoms with Crippen LogP contribution in [0.1, 0.15) is 49.7 Å². The van der Waals surface area contributed by atoms with Crippen LogP contribution in [-0.2, 0) is 51.3 Å². The van der Waals surface area contributed by atoms with Gasteiger partial charge in [-0.1, -0.05) is 84.9 Å². The Hall–Kier alpha value is -5.44. The molecule has 7 rings (SSSR count). The first-order valence-corrected chi connectivity index (χ1v) is 22.0. The fourth-order valence-corrected chi connectivity index (χ4v) is 11.8. The third-order valence-corrected chi connectivity index (χ3v) is 14.6. The van der Waals surface area contributed by atoms with Gasteiger partial charge in [-0.3, -0.25) is 19.2 Å². The normalized spacial score (nSPS) is 18.9. The zero-order chi connectivity index (χ0) is 39.0. The third-order valence-electron chi connectivity index (χ3n) is 9.84. The van der Waals surface area contributed by atoms with Crippen LogP contribution in [0.2, 0.25) is 0 Å². The van der Waals surface area contributed by atoms with Gasteiger partial charge < -0.3 is 19.5 Å². The molecule has 0 bridgehead atoms. The van der Waals surface area contributed by atoms with E-state index in [-0.39, 0.29) is 38.5 Å². The fourth-order valence-electron chi connectivity index (χ4n) is 6.78. The Labute approximate surface area is 327 Å². The second kappa shape index (κ2) is 18.0. The molecule has 3 aliphatic heterocycles. The van der Waals surface area contributed by atoms with Gasteiger partial charge in [0.25, 0.3) is 23.6 Å². The molecule has 0 aliphatic carbocycles. The van der Waals surface area contributed by atoms with Crippen LogP contribution in [0, 0.1) is 0 Å². The molecule has 56 heavy (non-hydrogen) atoms. The summed E-state index contributed by atoms with van der Waals surface area (Å²) in [6.07, 6.45) is 4.54. The zero-order valence-corrected chi connectivity index (χ0v) is 32.6. The lowest BCUT2D eigenvalue weighted by Gasteiger charge is -2.41. The minimum atomic E-state index is -0.679. The summed E-state index contributed by atoms with van der Waals surface area (Å²) in [5.41, 5.74) is 4.11. The Morgan fingerprint density at radius 2 is 0.786 bits per heavy atom. The van der Waals surface area contributed by atoms with E-state index in [0.29, 0.717) is 23.0 Å². The minimum absolute atomic E-state index is 0.0468. The second-order valence-electron chi connectivity index (χ2n) is 13.8. The van der Waals surface area contributed by atoms with Gasteiger partial charge in [0.15, 0.2) is 0 Å². The first-order chi connectivity index (χ1) is 27.2. The summed E-state index contributed by atoms with van der Waals surface area (Å²) in [7, 11) is -1.36. The number of benzene rings is 4. The Balaban J connectivity index is 1.06. The maximum atomic E-state index is 12.4. The number of hydrogen-bond acceptors (Lipinski definition) is 10. The first kappa shape index (κ1) is 38.8. The van der Waals surface area contributed by atoms with Gasteiger partial charge in [-0.05, 0) is 74.7 Å². The SMILES string of the molecule is O=C(CCc1ccc(N2CP(c3ccccc3)CN(c3ccc(CCC(=O)ON4C(=O)CCC4=O)cc3)CP(c3ccccc3)C2)cc1)ON1C(=O)CCC1=O. The highest BCUT2D eigenvalue weighted by Crippen LogP contribution is 2.48. The number of hydroxylamine groups is 4. The van der Waals surface area contributed by atoms with Gasteiger partial charge in [0.2, 0.25) is 0 Å². The molecule has 0 radical (unpaired) electrons. The molecule has 0 saturated carbocycles. The average Bonchev–Trinajstić information content (AvgIpc) is 3.71. The third kappa shape index (κ3) is 9.67. The predicted molar refractivity (Wildman–Crippen MR) is 214 cm³/mol. The number of aryl methyl sites for hydroxylation is 2. The van der Waals surface area contributed by atoms with Crippen molar-refractivity contribution in [3.8, 4) is 0 Å². The van der Waals surface area contributed by atoms with E-state index in [1.165, 1.54) is 10.6 Å². The van der Waals surface area contributed by atoms with E-state index >= 15 is 0 Å². The molecule has 4 aromatic carbocycles. The summed E-state index contributed by atoms with van der Waals surface area (Å²) in [6, 6.07) is 37.8. The molecule has 0 spiro atoms. The highest BCUT2D eigenvalue weighted by Gasteiger charge is 2.34. The molecule has 0 unspecified atom stereocenters. The van der Waals surface area contributed by atoms with Gasteiger partial charge in [0.1, 0.15) is 0 Å². The number of nitrogens with zero attached hydrogens (tertiary/aromatic N) is 4. The number of rotatable bonds is 12. The Kier molecular flexibility index (Phi) is 12.5. The van der Waals surface area contributed by atoms with Crippen molar-refractivity contribution in [1.82, 2.24) is 10.1 Å². The van der Waals surface area contributed by atoms with Crippen molar-refractivity contribution in [3.63, 3.8) is 0 Å². The molecule has 3 aliphatic rings.